The molecule has 3 amide bonds. The summed E-state index contributed by atoms with van der Waals surface area (Å²) >= 11 is 0. The summed E-state index contributed by atoms with van der Waals surface area (Å²) in [7, 11) is 0. The fraction of sp³-hybridized carbons (Fsp3) is 0.286. The Morgan fingerprint density at radius 3 is 3.05 bits per heavy atom. The lowest BCUT2D eigenvalue weighted by Crippen LogP contribution is -2.52. The van der Waals surface area contributed by atoms with Crippen molar-refractivity contribution < 1.29 is 14.4 Å². The fourth-order valence-electron chi connectivity index (χ4n) is 2.31. The molecule has 3 rings (SSSR count). The van der Waals surface area contributed by atoms with Crippen LogP contribution in [0.1, 0.15) is 18.5 Å². The van der Waals surface area contributed by atoms with E-state index < -0.39 is 11.9 Å². The minimum absolute atomic E-state index is 0.0966. The van der Waals surface area contributed by atoms with Gasteiger partial charge in [0.15, 0.2) is 0 Å². The lowest BCUT2D eigenvalue weighted by atomic mass is 10.1. The topological polar surface area (TPSA) is 92.6 Å². The van der Waals surface area contributed by atoms with Crippen molar-refractivity contribution in [3.63, 3.8) is 0 Å². The molecule has 7 heteroatoms. The Hall–Kier alpha value is -2.70. The average molecular weight is 286 g/mol. The van der Waals surface area contributed by atoms with Gasteiger partial charge >= 0.3 is 0 Å². The number of piperidine rings is 1. The molecule has 1 atom stereocenters. The molecule has 0 bridgehead atoms. The van der Waals surface area contributed by atoms with Gasteiger partial charge in [0.2, 0.25) is 17.7 Å². The summed E-state index contributed by atoms with van der Waals surface area (Å²) in [6.07, 6.45) is 4.30. The summed E-state index contributed by atoms with van der Waals surface area (Å²) in [4.78, 5) is 38.9. The van der Waals surface area contributed by atoms with Crippen molar-refractivity contribution in [2.45, 2.75) is 25.3 Å². The molecule has 2 aromatic heterocycles. The minimum Gasteiger partial charge on any atom is -0.344 e. The summed E-state index contributed by atoms with van der Waals surface area (Å²) in [6.45, 7) is 0. The number of hydrogen-bond acceptors (Lipinski definition) is 4. The summed E-state index contributed by atoms with van der Waals surface area (Å²) in [5.41, 5.74) is 1.40. The van der Waals surface area contributed by atoms with Crippen LogP contribution in [0.2, 0.25) is 0 Å². The number of carbonyl (C=O) groups is 3. The number of hydrogen-bond donors (Lipinski definition) is 2. The number of imidazole rings is 1. The van der Waals surface area contributed by atoms with E-state index in [1.54, 1.807) is 6.20 Å². The molecule has 3 heterocycles. The van der Waals surface area contributed by atoms with E-state index in [0.29, 0.717) is 12.1 Å². The van der Waals surface area contributed by atoms with Crippen LogP contribution in [0.3, 0.4) is 0 Å². The number of rotatable bonds is 3. The van der Waals surface area contributed by atoms with E-state index in [9.17, 15) is 14.4 Å². The molecule has 1 fully saturated rings. The number of amides is 3. The van der Waals surface area contributed by atoms with Gasteiger partial charge in [0.05, 0.1) is 12.1 Å². The van der Waals surface area contributed by atoms with Crippen molar-refractivity contribution in [2.75, 3.05) is 0 Å². The molecule has 7 nitrogen and oxygen atoms in total. The van der Waals surface area contributed by atoms with Crippen LogP contribution >= 0.6 is 0 Å². The van der Waals surface area contributed by atoms with E-state index in [4.69, 9.17) is 0 Å². The third kappa shape index (κ3) is 2.91. The molecule has 0 saturated carbocycles. The van der Waals surface area contributed by atoms with Crippen molar-refractivity contribution in [2.24, 2.45) is 0 Å². The van der Waals surface area contributed by atoms with Crippen LogP contribution in [-0.4, -0.2) is 33.1 Å². The molecule has 0 aromatic carbocycles. The Bertz CT molecular complexity index is 689. The molecule has 0 aliphatic carbocycles. The zero-order valence-corrected chi connectivity index (χ0v) is 11.2. The van der Waals surface area contributed by atoms with Crippen LogP contribution in [-0.2, 0) is 20.8 Å². The number of imide groups is 1. The molecule has 2 aromatic rings. The number of nitrogens with one attached hydrogen (secondary N) is 2. The second-order valence-corrected chi connectivity index (χ2v) is 4.95. The molecule has 2 N–H and O–H groups in total. The van der Waals surface area contributed by atoms with Crippen LogP contribution in [0, 0.1) is 0 Å². The molecule has 21 heavy (non-hydrogen) atoms. The lowest BCUT2D eigenvalue weighted by molar-refractivity contribution is -0.137. The standard InChI is InChI=1S/C14H14N4O3/c19-12-5-4-10(14(21)17-12)16-13(20)7-9-8-18-6-2-1-3-11(18)15-9/h1-3,6,8,10H,4-5,7H2,(H,16,20)(H,17,19,21). The van der Waals surface area contributed by atoms with E-state index in [1.807, 2.05) is 28.8 Å². The zero-order valence-electron chi connectivity index (χ0n) is 11.2. The van der Waals surface area contributed by atoms with Gasteiger partial charge in [-0.3, -0.25) is 19.7 Å². The summed E-state index contributed by atoms with van der Waals surface area (Å²) in [5.74, 6) is -1.03. The first-order chi connectivity index (χ1) is 10.1. The smallest absolute Gasteiger partial charge is 0.249 e. The Balaban J connectivity index is 1.63. The second-order valence-electron chi connectivity index (χ2n) is 4.95. The number of carbonyl (C=O) groups excluding carboxylic acids is 3. The van der Waals surface area contributed by atoms with Gasteiger partial charge in [-0.2, -0.15) is 0 Å². The van der Waals surface area contributed by atoms with Gasteiger partial charge in [-0.1, -0.05) is 6.07 Å². The van der Waals surface area contributed by atoms with Gasteiger partial charge in [0, 0.05) is 18.8 Å². The first-order valence-electron chi connectivity index (χ1n) is 6.67. The Morgan fingerprint density at radius 2 is 2.29 bits per heavy atom. The van der Waals surface area contributed by atoms with E-state index >= 15 is 0 Å². The molecule has 0 radical (unpaired) electrons. The van der Waals surface area contributed by atoms with Gasteiger partial charge in [-0.25, -0.2) is 4.98 Å². The number of pyridine rings is 1. The minimum atomic E-state index is -0.646. The molecule has 0 spiro atoms. The molecule has 108 valence electrons. The van der Waals surface area contributed by atoms with E-state index in [2.05, 4.69) is 15.6 Å². The summed E-state index contributed by atoms with van der Waals surface area (Å²) < 4.78 is 1.83. The number of fused-ring (bicyclic) bond motifs is 1. The fourth-order valence-corrected chi connectivity index (χ4v) is 2.31. The number of nitrogens with zero attached hydrogens (tertiary/aromatic N) is 2. The van der Waals surface area contributed by atoms with E-state index in [0.717, 1.165) is 5.65 Å². The molecular formula is C14H14N4O3. The van der Waals surface area contributed by atoms with Gasteiger partial charge in [0.1, 0.15) is 11.7 Å². The predicted molar refractivity (Wildman–Crippen MR) is 73.2 cm³/mol. The Labute approximate surface area is 120 Å². The van der Waals surface area contributed by atoms with Gasteiger partial charge in [-0.15, -0.1) is 0 Å². The quantitative estimate of drug-likeness (QED) is 0.764. The van der Waals surface area contributed by atoms with Crippen LogP contribution in [0.5, 0.6) is 0 Å². The average Bonchev–Trinajstić information content (AvgIpc) is 2.84. The van der Waals surface area contributed by atoms with Gasteiger partial charge in [0.25, 0.3) is 0 Å². The van der Waals surface area contributed by atoms with Gasteiger partial charge in [-0.05, 0) is 18.6 Å². The van der Waals surface area contributed by atoms with E-state index in [-0.39, 0.29) is 24.7 Å². The van der Waals surface area contributed by atoms with Crippen molar-refractivity contribution in [3.8, 4) is 0 Å². The van der Waals surface area contributed by atoms with Crippen molar-refractivity contribution in [1.29, 1.82) is 0 Å². The lowest BCUT2D eigenvalue weighted by Gasteiger charge is -2.21. The second kappa shape index (κ2) is 5.35. The zero-order chi connectivity index (χ0) is 14.8. The number of aromatic nitrogens is 2. The summed E-state index contributed by atoms with van der Waals surface area (Å²) in [6, 6.07) is 4.95. The Kier molecular flexibility index (Phi) is 3.39. The predicted octanol–water partition coefficient (Wildman–Crippen LogP) is -0.202. The molecule has 1 aliphatic heterocycles. The van der Waals surface area contributed by atoms with Crippen LogP contribution in [0.25, 0.3) is 5.65 Å². The highest BCUT2D eigenvalue weighted by atomic mass is 16.2. The highest BCUT2D eigenvalue weighted by Gasteiger charge is 2.27. The van der Waals surface area contributed by atoms with Crippen LogP contribution in [0.4, 0.5) is 0 Å². The van der Waals surface area contributed by atoms with Gasteiger partial charge < -0.3 is 9.72 Å². The third-order valence-electron chi connectivity index (χ3n) is 3.33. The van der Waals surface area contributed by atoms with Crippen LogP contribution < -0.4 is 10.6 Å². The van der Waals surface area contributed by atoms with Crippen LogP contribution in [0.15, 0.2) is 30.6 Å². The van der Waals surface area contributed by atoms with Crippen molar-refractivity contribution in [3.05, 3.63) is 36.3 Å². The maximum atomic E-state index is 12.0. The molecule has 1 unspecified atom stereocenters. The monoisotopic (exact) mass is 286 g/mol. The first kappa shape index (κ1) is 13.3. The molecule has 1 aliphatic rings. The van der Waals surface area contributed by atoms with Crippen molar-refractivity contribution in [1.82, 2.24) is 20.0 Å². The maximum Gasteiger partial charge on any atom is 0.249 e. The first-order valence-corrected chi connectivity index (χ1v) is 6.67. The van der Waals surface area contributed by atoms with E-state index in [1.165, 1.54) is 0 Å². The molecule has 1 saturated heterocycles. The SMILES string of the molecule is O=C1CCC(NC(=O)Cc2cn3ccccc3n2)C(=O)N1. The summed E-state index contributed by atoms with van der Waals surface area (Å²) in [5, 5.41) is 4.84. The maximum absolute atomic E-state index is 12.0. The Morgan fingerprint density at radius 1 is 1.43 bits per heavy atom. The largest absolute Gasteiger partial charge is 0.344 e. The highest BCUT2D eigenvalue weighted by molar-refractivity contribution is 6.01. The third-order valence-corrected chi connectivity index (χ3v) is 3.33. The van der Waals surface area contributed by atoms with Crippen molar-refractivity contribution >= 4 is 23.4 Å². The molecular weight excluding hydrogens is 272 g/mol. The highest BCUT2D eigenvalue weighted by Crippen LogP contribution is 2.07. The normalized spacial score (nSPS) is 18.6.